The summed E-state index contributed by atoms with van der Waals surface area (Å²) >= 11 is 0. The molecule has 9 N–H and O–H groups in total. The molecule has 6 fully saturated rings. The third-order valence-corrected chi connectivity index (χ3v) is 17.6. The fourth-order valence-corrected chi connectivity index (χ4v) is 13.7. The summed E-state index contributed by atoms with van der Waals surface area (Å²) in [5, 5.41) is 96.9. The minimum absolute atomic E-state index is 0.00363. The molecule has 20 atom stereocenters. The number of ether oxygens (including phenoxy) is 5. The molecule has 7 aliphatic rings. The first-order valence-electron chi connectivity index (χ1n) is 21.4. The van der Waals surface area contributed by atoms with E-state index in [0.717, 1.165) is 44.9 Å². The molecule has 0 amide bonds. The first-order valence-corrected chi connectivity index (χ1v) is 21.4. The molecule has 0 aromatic heterocycles. The van der Waals surface area contributed by atoms with E-state index in [1.165, 1.54) is 5.57 Å². The predicted octanol–water partition coefficient (Wildman–Crippen LogP) is 1.39. The lowest BCUT2D eigenvalue weighted by molar-refractivity contribution is -0.370. The van der Waals surface area contributed by atoms with Crippen LogP contribution < -0.4 is 0 Å². The van der Waals surface area contributed by atoms with Crippen LogP contribution in [0.4, 0.5) is 0 Å². The van der Waals surface area contributed by atoms with Gasteiger partial charge < -0.3 is 69.6 Å². The van der Waals surface area contributed by atoms with Crippen molar-refractivity contribution in [1.82, 2.24) is 0 Å². The zero-order chi connectivity index (χ0) is 41.8. The summed E-state index contributed by atoms with van der Waals surface area (Å²) in [4.78, 5) is 0. The number of hydrogen-bond donors (Lipinski definition) is 9. The van der Waals surface area contributed by atoms with Crippen molar-refractivity contribution in [3.8, 4) is 0 Å². The second-order valence-corrected chi connectivity index (χ2v) is 21.2. The van der Waals surface area contributed by atoms with Crippen LogP contribution in [0.1, 0.15) is 99.8 Å². The summed E-state index contributed by atoms with van der Waals surface area (Å²) in [7, 11) is 1.77. The van der Waals surface area contributed by atoms with Gasteiger partial charge in [-0.05, 0) is 78.4 Å². The lowest BCUT2D eigenvalue weighted by Crippen LogP contribution is -2.71. The van der Waals surface area contributed by atoms with Gasteiger partial charge in [0.15, 0.2) is 12.6 Å². The quantitative estimate of drug-likeness (QED) is 0.158. The van der Waals surface area contributed by atoms with E-state index in [-0.39, 0.29) is 57.5 Å². The molecule has 0 radical (unpaired) electrons. The van der Waals surface area contributed by atoms with Crippen LogP contribution in [0, 0.1) is 50.2 Å². The Morgan fingerprint density at radius 1 is 0.719 bits per heavy atom. The second kappa shape index (κ2) is 15.2. The Hall–Kier alpha value is -0.820. The standard InChI is InChI=1S/C43H72O14/c1-38(2)11-13-43(20-54-37-34(32(51)30(49)25(19-45)56-37)57-36-33(52)31(50)29(48)24(18-44)55-36)14-12-40(5)21(22(43)17-38)15-23(53-8)35-41(40,6)10-9-26-39(3,4)27(46)16-28(47)42(26,35)7/h15,22-37,44-52H,9-14,16-20H2,1-8H3/t22-,23-,24-,25+,26-,27-,28-,29-,30+,31-,32-,33-,34-,35-,36-,37+,40-,41-,42+,43+/m1/s1. The molecule has 0 aromatic carbocycles. The molecule has 14 heteroatoms. The summed E-state index contributed by atoms with van der Waals surface area (Å²) in [5.41, 5.74) is -0.321. The SMILES string of the molecule is CO[C@@H]1C=C2[C@H]3CC(C)(C)CC[C@@]3(CO[C@H]3O[C@@H](CO)[C@H](O)[C@@H](O)[C@H]3O[C@H]3O[C@H](CO)[C@@H](O)[C@@H](O)[C@H]3O)CC[C@@]2(C)[C@]2(C)CC[C@@H]3C(C)(C)[C@H](O)C[C@@H](O)[C@@]3(C)[C@H]12. The molecule has 14 nitrogen and oxygen atoms in total. The molecule has 2 aliphatic heterocycles. The fraction of sp³-hybridized carbons (Fsp3) is 0.953. The van der Waals surface area contributed by atoms with E-state index in [4.69, 9.17) is 23.7 Å². The summed E-state index contributed by atoms with van der Waals surface area (Å²) in [6, 6.07) is 0. The van der Waals surface area contributed by atoms with Crippen molar-refractivity contribution >= 4 is 0 Å². The van der Waals surface area contributed by atoms with Crippen LogP contribution in [-0.2, 0) is 23.7 Å². The summed E-state index contributed by atoms with van der Waals surface area (Å²) in [6.07, 6.45) is -7.82. The van der Waals surface area contributed by atoms with Crippen molar-refractivity contribution in [2.45, 2.75) is 180 Å². The molecule has 5 aliphatic carbocycles. The fourth-order valence-electron chi connectivity index (χ4n) is 13.7. The molecule has 328 valence electrons. The topological polar surface area (TPSA) is 228 Å². The number of methoxy groups -OCH3 is 1. The average molecular weight is 813 g/mol. The Balaban J connectivity index is 1.22. The largest absolute Gasteiger partial charge is 0.394 e. The van der Waals surface area contributed by atoms with Gasteiger partial charge in [0, 0.05) is 30.3 Å². The van der Waals surface area contributed by atoms with Gasteiger partial charge in [-0.25, -0.2) is 0 Å². The molecule has 7 rings (SSSR count). The van der Waals surface area contributed by atoms with Crippen molar-refractivity contribution < 1.29 is 69.6 Å². The zero-order valence-corrected chi connectivity index (χ0v) is 35.2. The predicted molar refractivity (Wildman–Crippen MR) is 205 cm³/mol. The van der Waals surface area contributed by atoms with Crippen molar-refractivity contribution in [2.24, 2.45) is 50.2 Å². The van der Waals surface area contributed by atoms with E-state index in [1.807, 2.05) is 0 Å². The van der Waals surface area contributed by atoms with Gasteiger partial charge in [0.2, 0.25) is 0 Å². The molecule has 57 heavy (non-hydrogen) atoms. The van der Waals surface area contributed by atoms with Crippen LogP contribution in [0.25, 0.3) is 0 Å². The van der Waals surface area contributed by atoms with Gasteiger partial charge in [-0.2, -0.15) is 0 Å². The third kappa shape index (κ3) is 6.65. The summed E-state index contributed by atoms with van der Waals surface area (Å²) in [6.45, 7) is 14.9. The second-order valence-electron chi connectivity index (χ2n) is 21.2. The van der Waals surface area contributed by atoms with E-state index in [0.29, 0.717) is 6.42 Å². The number of aliphatic hydroxyl groups excluding tert-OH is 9. The molecular formula is C43H72O14. The smallest absolute Gasteiger partial charge is 0.187 e. The Morgan fingerprint density at radius 2 is 1.33 bits per heavy atom. The van der Waals surface area contributed by atoms with Gasteiger partial charge in [0.1, 0.15) is 48.8 Å². The zero-order valence-electron chi connectivity index (χ0n) is 35.2. The molecular weight excluding hydrogens is 740 g/mol. The minimum Gasteiger partial charge on any atom is -0.394 e. The van der Waals surface area contributed by atoms with Gasteiger partial charge in [0.05, 0.1) is 38.1 Å². The van der Waals surface area contributed by atoms with E-state index in [2.05, 4.69) is 54.5 Å². The number of hydrogen-bond acceptors (Lipinski definition) is 14. The van der Waals surface area contributed by atoms with Crippen LogP contribution in [0.2, 0.25) is 0 Å². The number of allylic oxidation sites excluding steroid dienone is 1. The Bertz CT molecular complexity index is 1490. The molecule has 4 saturated carbocycles. The first-order chi connectivity index (χ1) is 26.6. The molecule has 0 bridgehead atoms. The highest BCUT2D eigenvalue weighted by atomic mass is 16.8. The van der Waals surface area contributed by atoms with E-state index < -0.39 is 92.2 Å². The Kier molecular flexibility index (Phi) is 11.8. The maximum atomic E-state index is 12.0. The van der Waals surface area contributed by atoms with Crippen LogP contribution in [-0.4, -0.2) is 153 Å². The molecule has 0 unspecified atom stereocenters. The molecule has 0 aromatic rings. The normalized spacial score (nSPS) is 54.4. The van der Waals surface area contributed by atoms with Gasteiger partial charge in [-0.1, -0.05) is 60.1 Å². The van der Waals surface area contributed by atoms with Crippen LogP contribution in [0.15, 0.2) is 11.6 Å². The maximum Gasteiger partial charge on any atom is 0.187 e. The number of rotatable bonds is 8. The van der Waals surface area contributed by atoms with E-state index in [1.54, 1.807) is 7.11 Å². The van der Waals surface area contributed by atoms with E-state index in [9.17, 15) is 46.0 Å². The highest BCUT2D eigenvalue weighted by Crippen LogP contribution is 2.76. The molecule has 0 spiro atoms. The van der Waals surface area contributed by atoms with Crippen LogP contribution >= 0.6 is 0 Å². The van der Waals surface area contributed by atoms with Crippen molar-refractivity contribution in [2.75, 3.05) is 26.9 Å². The highest BCUT2D eigenvalue weighted by Gasteiger charge is 2.72. The first kappa shape index (κ1) is 44.2. The Labute approximate surface area is 337 Å². The maximum absolute atomic E-state index is 12.0. The Morgan fingerprint density at radius 3 is 1.96 bits per heavy atom. The van der Waals surface area contributed by atoms with Gasteiger partial charge >= 0.3 is 0 Å². The number of aliphatic hydroxyl groups is 9. The minimum atomic E-state index is -1.76. The highest BCUT2D eigenvalue weighted by molar-refractivity contribution is 5.36. The van der Waals surface area contributed by atoms with Crippen LogP contribution in [0.3, 0.4) is 0 Å². The van der Waals surface area contributed by atoms with Crippen molar-refractivity contribution in [3.05, 3.63) is 11.6 Å². The third-order valence-electron chi connectivity index (χ3n) is 17.6. The lowest BCUT2D eigenvalue weighted by atomic mass is 9.32. The van der Waals surface area contributed by atoms with Crippen molar-refractivity contribution in [1.29, 1.82) is 0 Å². The van der Waals surface area contributed by atoms with Crippen LogP contribution in [0.5, 0.6) is 0 Å². The van der Waals surface area contributed by atoms with E-state index >= 15 is 0 Å². The van der Waals surface area contributed by atoms with Gasteiger partial charge in [-0.3, -0.25) is 0 Å². The monoisotopic (exact) mass is 812 g/mol. The van der Waals surface area contributed by atoms with Gasteiger partial charge in [0.25, 0.3) is 0 Å². The number of fused-ring (bicyclic) bond motifs is 7. The van der Waals surface area contributed by atoms with Gasteiger partial charge in [-0.15, -0.1) is 0 Å². The summed E-state index contributed by atoms with van der Waals surface area (Å²) in [5.74, 6) is 0.185. The van der Waals surface area contributed by atoms with Crippen molar-refractivity contribution in [3.63, 3.8) is 0 Å². The summed E-state index contributed by atoms with van der Waals surface area (Å²) < 4.78 is 30.9. The molecule has 2 heterocycles. The average Bonchev–Trinajstić information content (AvgIpc) is 3.16. The molecule has 2 saturated heterocycles. The lowest BCUT2D eigenvalue weighted by Gasteiger charge is -2.73.